The summed E-state index contributed by atoms with van der Waals surface area (Å²) < 4.78 is 50.8. The van der Waals surface area contributed by atoms with E-state index in [4.69, 9.17) is 5.73 Å². The van der Waals surface area contributed by atoms with Crippen molar-refractivity contribution in [2.24, 2.45) is 5.73 Å². The Morgan fingerprint density at radius 2 is 1.95 bits per heavy atom. The van der Waals surface area contributed by atoms with Crippen molar-refractivity contribution in [1.82, 2.24) is 9.44 Å². The summed E-state index contributed by atoms with van der Waals surface area (Å²) in [6, 6.07) is 6.02. The van der Waals surface area contributed by atoms with Crippen LogP contribution in [0, 0.1) is 11.8 Å². The van der Waals surface area contributed by atoms with Crippen molar-refractivity contribution in [2.75, 3.05) is 25.9 Å². The molecule has 0 aliphatic carbocycles. The number of hydrogen-bond donors (Lipinski definition) is 3. The Hall–Kier alpha value is -1.44. The first-order valence-electron chi connectivity index (χ1n) is 6.00. The zero-order valence-corrected chi connectivity index (χ0v) is 13.1. The molecule has 1 aromatic carbocycles. The predicted octanol–water partition coefficient (Wildman–Crippen LogP) is -1.18. The normalized spacial score (nSPS) is 11.7. The first-order chi connectivity index (χ1) is 9.80. The van der Waals surface area contributed by atoms with Crippen molar-refractivity contribution in [1.29, 1.82) is 0 Å². The van der Waals surface area contributed by atoms with E-state index in [1.54, 1.807) is 12.1 Å². The van der Waals surface area contributed by atoms with Gasteiger partial charge in [0.25, 0.3) is 0 Å². The van der Waals surface area contributed by atoms with Gasteiger partial charge >= 0.3 is 0 Å². The van der Waals surface area contributed by atoms with Crippen LogP contribution < -0.4 is 15.2 Å². The van der Waals surface area contributed by atoms with Gasteiger partial charge in [-0.3, -0.25) is 0 Å². The summed E-state index contributed by atoms with van der Waals surface area (Å²) in [5, 5.41) is 0. The molecule has 0 saturated carbocycles. The lowest BCUT2D eigenvalue weighted by Gasteiger charge is -2.07. The summed E-state index contributed by atoms with van der Waals surface area (Å²) in [5.41, 5.74) is 5.77. The molecule has 21 heavy (non-hydrogen) atoms. The highest BCUT2D eigenvalue weighted by atomic mass is 32.2. The van der Waals surface area contributed by atoms with Crippen LogP contribution in [0.2, 0.25) is 0 Å². The molecule has 0 bridgehead atoms. The summed E-state index contributed by atoms with van der Waals surface area (Å²) >= 11 is 0. The minimum Gasteiger partial charge on any atom is -0.320 e. The molecular weight excluding hydrogens is 314 g/mol. The Labute approximate surface area is 125 Å². The summed E-state index contributed by atoms with van der Waals surface area (Å²) in [7, 11) is -5.97. The Kier molecular flexibility index (Phi) is 6.32. The molecule has 0 radical (unpaired) electrons. The van der Waals surface area contributed by atoms with E-state index in [1.165, 1.54) is 19.2 Å². The lowest BCUT2D eigenvalue weighted by atomic mass is 10.2. The van der Waals surface area contributed by atoms with Gasteiger partial charge in [-0.25, -0.2) is 26.3 Å². The molecule has 7 nitrogen and oxygen atoms in total. The highest BCUT2D eigenvalue weighted by Gasteiger charge is 2.15. The highest BCUT2D eigenvalue weighted by molar-refractivity contribution is 7.90. The molecule has 1 aromatic rings. The fourth-order valence-electron chi connectivity index (χ4n) is 1.39. The second-order valence-electron chi connectivity index (χ2n) is 3.95. The molecule has 116 valence electrons. The van der Waals surface area contributed by atoms with Crippen LogP contribution in [0.3, 0.4) is 0 Å². The molecule has 0 aliphatic heterocycles. The topological polar surface area (TPSA) is 118 Å². The van der Waals surface area contributed by atoms with Crippen molar-refractivity contribution in [3.8, 4) is 11.8 Å². The molecule has 9 heteroatoms. The van der Waals surface area contributed by atoms with Gasteiger partial charge in [0.15, 0.2) is 0 Å². The van der Waals surface area contributed by atoms with Crippen LogP contribution in [0.5, 0.6) is 0 Å². The second kappa shape index (κ2) is 7.53. The number of hydrogen-bond acceptors (Lipinski definition) is 5. The maximum Gasteiger partial charge on any atom is 0.240 e. The van der Waals surface area contributed by atoms with Gasteiger partial charge in [-0.2, -0.15) is 0 Å². The van der Waals surface area contributed by atoms with Gasteiger partial charge in [-0.1, -0.05) is 17.9 Å². The molecule has 0 amide bonds. The third-order valence-corrected chi connectivity index (χ3v) is 5.28. The van der Waals surface area contributed by atoms with Crippen LogP contribution in [-0.2, 0) is 20.0 Å². The SMILES string of the molecule is CNS(=O)(=O)CCNS(=O)(=O)c1cccc(C#CCN)c1. The first kappa shape index (κ1) is 17.6. The second-order valence-corrected chi connectivity index (χ2v) is 7.77. The van der Waals surface area contributed by atoms with Crippen molar-refractivity contribution < 1.29 is 16.8 Å². The highest BCUT2D eigenvalue weighted by Crippen LogP contribution is 2.10. The van der Waals surface area contributed by atoms with Crippen LogP contribution in [0.1, 0.15) is 5.56 Å². The number of benzene rings is 1. The molecule has 1 rings (SSSR count). The predicted molar refractivity (Wildman–Crippen MR) is 80.4 cm³/mol. The van der Waals surface area contributed by atoms with Crippen molar-refractivity contribution in [3.05, 3.63) is 29.8 Å². The number of nitrogens with one attached hydrogen (secondary N) is 2. The smallest absolute Gasteiger partial charge is 0.240 e. The summed E-state index contributed by atoms with van der Waals surface area (Å²) in [5.74, 6) is 5.02. The molecule has 0 spiro atoms. The average molecular weight is 331 g/mol. The molecule has 0 aliphatic rings. The van der Waals surface area contributed by atoms with Gasteiger partial charge in [-0.05, 0) is 25.2 Å². The van der Waals surface area contributed by atoms with Gasteiger partial charge in [0.2, 0.25) is 20.0 Å². The van der Waals surface area contributed by atoms with Crippen LogP contribution >= 0.6 is 0 Å². The fourth-order valence-corrected chi connectivity index (χ4v) is 3.17. The van der Waals surface area contributed by atoms with Crippen LogP contribution in [0.25, 0.3) is 0 Å². The summed E-state index contributed by atoms with van der Waals surface area (Å²) in [4.78, 5) is 0.0215. The number of sulfonamides is 2. The number of nitrogens with two attached hydrogens (primary N) is 1. The quantitative estimate of drug-likeness (QED) is 0.567. The van der Waals surface area contributed by atoms with Gasteiger partial charge in [0, 0.05) is 12.1 Å². The minimum atomic E-state index is -3.78. The zero-order valence-electron chi connectivity index (χ0n) is 11.5. The van der Waals surface area contributed by atoms with E-state index in [1.807, 2.05) is 0 Å². The monoisotopic (exact) mass is 331 g/mol. The van der Waals surface area contributed by atoms with Gasteiger partial charge in [-0.15, -0.1) is 0 Å². The Morgan fingerprint density at radius 1 is 1.24 bits per heavy atom. The molecular formula is C12H17N3O4S2. The van der Waals surface area contributed by atoms with E-state index < -0.39 is 20.0 Å². The van der Waals surface area contributed by atoms with E-state index in [9.17, 15) is 16.8 Å². The molecule has 0 heterocycles. The lowest BCUT2D eigenvalue weighted by Crippen LogP contribution is -2.33. The van der Waals surface area contributed by atoms with Gasteiger partial charge in [0.05, 0.1) is 17.2 Å². The van der Waals surface area contributed by atoms with Gasteiger partial charge < -0.3 is 5.73 Å². The largest absolute Gasteiger partial charge is 0.320 e. The third-order valence-electron chi connectivity index (χ3n) is 2.45. The van der Waals surface area contributed by atoms with E-state index in [0.29, 0.717) is 5.56 Å². The summed E-state index contributed by atoms with van der Waals surface area (Å²) in [6.45, 7) is -0.0404. The lowest BCUT2D eigenvalue weighted by molar-refractivity contribution is 0.578. The van der Waals surface area contributed by atoms with Crippen LogP contribution in [0.4, 0.5) is 0 Å². The Bertz CT molecular complexity index is 746. The van der Waals surface area contributed by atoms with Crippen molar-refractivity contribution >= 4 is 20.0 Å². The average Bonchev–Trinajstić information content (AvgIpc) is 2.45. The Balaban J connectivity index is 2.84. The minimum absolute atomic E-state index is 0.0215. The first-order valence-corrected chi connectivity index (χ1v) is 9.14. The molecule has 0 atom stereocenters. The van der Waals surface area contributed by atoms with Crippen LogP contribution in [0.15, 0.2) is 29.2 Å². The molecule has 0 aromatic heterocycles. The summed E-state index contributed by atoms with van der Waals surface area (Å²) in [6.07, 6.45) is 0. The van der Waals surface area contributed by atoms with E-state index in [-0.39, 0.29) is 23.7 Å². The van der Waals surface area contributed by atoms with Crippen molar-refractivity contribution in [3.63, 3.8) is 0 Å². The fraction of sp³-hybridized carbons (Fsp3) is 0.333. The maximum atomic E-state index is 12.0. The third kappa shape index (κ3) is 5.82. The van der Waals surface area contributed by atoms with E-state index in [2.05, 4.69) is 21.3 Å². The Morgan fingerprint density at radius 3 is 2.57 bits per heavy atom. The van der Waals surface area contributed by atoms with E-state index >= 15 is 0 Å². The van der Waals surface area contributed by atoms with Crippen LogP contribution in [-0.4, -0.2) is 42.7 Å². The number of rotatable bonds is 6. The maximum absolute atomic E-state index is 12.0. The zero-order chi connectivity index (χ0) is 15.9. The standard InChI is InChI=1S/C12H17N3O4S2/c1-14-20(16,17)9-8-15-21(18,19)12-6-2-4-11(10-12)5-3-7-13/h2,4,6,10,14-15H,7-9,13H2,1H3. The van der Waals surface area contributed by atoms with Gasteiger partial charge in [0.1, 0.15) is 0 Å². The van der Waals surface area contributed by atoms with E-state index in [0.717, 1.165) is 0 Å². The molecule has 4 N–H and O–H groups in total. The molecule has 0 fully saturated rings. The van der Waals surface area contributed by atoms with Crippen molar-refractivity contribution in [2.45, 2.75) is 4.90 Å². The molecule has 0 unspecified atom stereocenters. The molecule has 0 saturated heterocycles.